The van der Waals surface area contributed by atoms with Gasteiger partial charge in [0, 0.05) is 41.6 Å². The Morgan fingerprint density at radius 3 is 2.58 bits per heavy atom. The number of hydrogen-bond donors (Lipinski definition) is 0. The van der Waals surface area contributed by atoms with Crippen LogP contribution in [0.25, 0.3) is 11.0 Å². The number of methoxy groups -OCH3 is 2. The monoisotopic (exact) mass is 518 g/mol. The Morgan fingerprint density at radius 2 is 1.92 bits per heavy atom. The van der Waals surface area contributed by atoms with Crippen LogP contribution in [0.3, 0.4) is 0 Å². The molecule has 1 aromatic carbocycles. The van der Waals surface area contributed by atoms with Crippen molar-refractivity contribution < 1.29 is 33.1 Å². The van der Waals surface area contributed by atoms with Gasteiger partial charge in [-0.25, -0.2) is 14.2 Å². The van der Waals surface area contributed by atoms with Gasteiger partial charge in [0.05, 0.1) is 44.1 Å². The molecular formula is C24H30N4O7S. The zero-order valence-electron chi connectivity index (χ0n) is 21.2. The Morgan fingerprint density at radius 1 is 1.17 bits per heavy atom. The number of benzene rings is 1. The van der Waals surface area contributed by atoms with Gasteiger partial charge in [0.1, 0.15) is 18.1 Å². The molecule has 0 aliphatic carbocycles. The number of aromatic nitrogens is 3. The molecule has 0 saturated heterocycles. The molecule has 1 unspecified atom stereocenters. The van der Waals surface area contributed by atoms with Gasteiger partial charge in [0.2, 0.25) is 0 Å². The Bertz CT molecular complexity index is 1250. The second-order valence-corrected chi connectivity index (χ2v) is 9.20. The highest BCUT2D eigenvalue weighted by Crippen LogP contribution is 2.29. The number of likely N-dealkylation sites (N-methyl/N-ethyl adjacent to an activating group) is 1. The van der Waals surface area contributed by atoms with Crippen LogP contribution in [0.2, 0.25) is 0 Å². The first kappa shape index (κ1) is 27.1. The van der Waals surface area contributed by atoms with Crippen molar-refractivity contribution >= 4 is 34.4 Å². The first-order chi connectivity index (χ1) is 17.2. The normalized spacial score (nSPS) is 11.8. The number of aryl methyl sites for hydroxylation is 1. The van der Waals surface area contributed by atoms with E-state index in [1.165, 1.54) is 16.6 Å². The zero-order chi connectivity index (χ0) is 26.4. The average Bonchev–Trinajstić information content (AvgIpc) is 3.24. The minimum atomic E-state index is -1.73. The quantitative estimate of drug-likeness (QED) is 0.309. The van der Waals surface area contributed by atoms with E-state index in [0.29, 0.717) is 28.2 Å². The van der Waals surface area contributed by atoms with Gasteiger partial charge in [0.25, 0.3) is 0 Å². The van der Waals surface area contributed by atoms with E-state index in [0.717, 1.165) is 11.1 Å². The van der Waals surface area contributed by atoms with Crippen LogP contribution in [0, 0.1) is 13.8 Å². The Hall–Kier alpha value is -3.51. The van der Waals surface area contributed by atoms with E-state index in [-0.39, 0.29) is 30.7 Å². The lowest BCUT2D eigenvalue weighted by Gasteiger charge is -2.19. The van der Waals surface area contributed by atoms with Gasteiger partial charge in [0.15, 0.2) is 5.75 Å². The number of carbonyl (C=O) groups is 2. The lowest BCUT2D eigenvalue weighted by atomic mass is 10.1. The lowest BCUT2D eigenvalue weighted by molar-refractivity contribution is 0.0550. The van der Waals surface area contributed by atoms with Gasteiger partial charge in [-0.05, 0) is 32.9 Å². The second-order valence-electron chi connectivity index (χ2n) is 7.86. The summed E-state index contributed by atoms with van der Waals surface area (Å²) in [5.74, 6) is 1.22. The number of pyridine rings is 1. The van der Waals surface area contributed by atoms with Gasteiger partial charge in [-0.3, -0.25) is 4.98 Å². The maximum atomic E-state index is 13.6. The number of fused-ring (bicyclic) bond motifs is 1. The Balaban J connectivity index is 1.95. The van der Waals surface area contributed by atoms with E-state index in [1.807, 2.05) is 13.8 Å². The first-order valence-electron chi connectivity index (χ1n) is 11.2. The smallest absolute Gasteiger partial charge is 0.508 e. The van der Waals surface area contributed by atoms with Gasteiger partial charge < -0.3 is 28.4 Å². The Kier molecular flexibility index (Phi) is 8.99. The molecule has 2 heterocycles. The molecule has 3 rings (SSSR count). The van der Waals surface area contributed by atoms with E-state index in [1.54, 1.807) is 45.5 Å². The largest absolute Gasteiger partial charge is 0.609 e. The summed E-state index contributed by atoms with van der Waals surface area (Å²) >= 11 is -1.73. The molecular weight excluding hydrogens is 488 g/mol. The topological polar surface area (TPSA) is 128 Å². The lowest BCUT2D eigenvalue weighted by Crippen LogP contribution is -2.35. The molecule has 0 aliphatic rings. The van der Waals surface area contributed by atoms with E-state index in [9.17, 15) is 14.1 Å². The number of carbonyl (C=O) groups excluding carboxylic acids is 2. The van der Waals surface area contributed by atoms with Crippen LogP contribution in [0.4, 0.5) is 9.59 Å². The summed E-state index contributed by atoms with van der Waals surface area (Å²) in [4.78, 5) is 35.2. The van der Waals surface area contributed by atoms with Crippen molar-refractivity contribution in [1.29, 1.82) is 0 Å². The molecule has 0 N–H and O–H groups in total. The summed E-state index contributed by atoms with van der Waals surface area (Å²) in [6, 6.07) is 4.57. The summed E-state index contributed by atoms with van der Waals surface area (Å²) in [6.45, 7) is 5.60. The van der Waals surface area contributed by atoms with Crippen molar-refractivity contribution in [3.63, 3.8) is 0 Å². The SMILES string of the molecule is CCOC(=O)OCCN(C)C(=O)n1c([S+]([O-])Cc2ncc(C)c(OC)c2C)nc2ccc(OC)cc21. The molecule has 12 heteroatoms. The van der Waals surface area contributed by atoms with Crippen LogP contribution in [0.1, 0.15) is 23.7 Å². The minimum Gasteiger partial charge on any atom is -0.609 e. The van der Waals surface area contributed by atoms with Gasteiger partial charge in [-0.15, -0.1) is 0 Å². The molecule has 0 aliphatic heterocycles. The van der Waals surface area contributed by atoms with E-state index in [4.69, 9.17) is 18.9 Å². The van der Waals surface area contributed by atoms with Crippen LogP contribution >= 0.6 is 0 Å². The van der Waals surface area contributed by atoms with Crippen molar-refractivity contribution in [1.82, 2.24) is 19.4 Å². The zero-order valence-corrected chi connectivity index (χ0v) is 22.0. The van der Waals surface area contributed by atoms with Crippen LogP contribution in [0.5, 0.6) is 11.5 Å². The number of hydrogen-bond acceptors (Lipinski definition) is 9. The summed E-state index contributed by atoms with van der Waals surface area (Å²) < 4.78 is 35.3. The van der Waals surface area contributed by atoms with Crippen LogP contribution in [-0.2, 0) is 26.4 Å². The van der Waals surface area contributed by atoms with Crippen LogP contribution in [0.15, 0.2) is 29.6 Å². The molecule has 3 aromatic rings. The summed E-state index contributed by atoms with van der Waals surface area (Å²) in [5, 5.41) is 0.0714. The molecule has 194 valence electrons. The predicted molar refractivity (Wildman–Crippen MR) is 133 cm³/mol. The molecule has 0 spiro atoms. The van der Waals surface area contributed by atoms with Crippen LogP contribution < -0.4 is 9.47 Å². The van der Waals surface area contributed by atoms with Gasteiger partial charge in [-0.1, -0.05) is 0 Å². The standard InChI is InChI=1S/C24H30N4O7S/c1-7-34-24(30)35-11-10-27(4)23(29)28-20-12-17(32-5)8-9-18(20)26-22(28)36(31)14-19-16(3)21(33-6)15(2)13-25-19/h8-9,12-13H,7,10-11,14H2,1-6H3. The third-order valence-electron chi connectivity index (χ3n) is 5.48. The van der Waals surface area contributed by atoms with Crippen molar-refractivity contribution in [2.75, 3.05) is 41.0 Å². The number of rotatable bonds is 9. The maximum Gasteiger partial charge on any atom is 0.508 e. The number of imidazole rings is 1. The third-order valence-corrected chi connectivity index (χ3v) is 6.70. The van der Waals surface area contributed by atoms with Crippen molar-refractivity contribution in [2.45, 2.75) is 31.7 Å². The minimum absolute atomic E-state index is 0.0336. The first-order valence-corrected chi connectivity index (χ1v) is 12.5. The molecule has 11 nitrogen and oxygen atoms in total. The summed E-state index contributed by atoms with van der Waals surface area (Å²) in [7, 11) is 4.63. The highest BCUT2D eigenvalue weighted by atomic mass is 32.2. The molecule has 2 aromatic heterocycles. The van der Waals surface area contributed by atoms with Gasteiger partial charge >= 0.3 is 17.3 Å². The molecule has 36 heavy (non-hydrogen) atoms. The fraction of sp³-hybridized carbons (Fsp3) is 0.417. The number of ether oxygens (including phenoxy) is 4. The fourth-order valence-corrected chi connectivity index (χ4v) is 4.84. The van der Waals surface area contributed by atoms with Crippen LogP contribution in [-0.4, -0.2) is 77.2 Å². The van der Waals surface area contributed by atoms with Crippen molar-refractivity contribution in [3.8, 4) is 11.5 Å². The molecule has 0 saturated carbocycles. The van der Waals surface area contributed by atoms with Crippen molar-refractivity contribution in [2.24, 2.45) is 0 Å². The summed E-state index contributed by atoms with van der Waals surface area (Å²) in [6.07, 6.45) is 0.851. The Labute approximate surface area is 212 Å². The van der Waals surface area contributed by atoms with Gasteiger partial charge in [-0.2, -0.15) is 4.98 Å². The maximum absolute atomic E-state index is 13.6. The second kappa shape index (κ2) is 12.0. The third kappa shape index (κ3) is 5.82. The average molecular weight is 519 g/mol. The number of nitrogens with zero attached hydrogens (tertiary/aromatic N) is 4. The predicted octanol–water partition coefficient (Wildman–Crippen LogP) is 3.45. The van der Waals surface area contributed by atoms with E-state index >= 15 is 0 Å². The summed E-state index contributed by atoms with van der Waals surface area (Å²) in [5.41, 5.74) is 3.14. The molecule has 0 fully saturated rings. The molecule has 0 bridgehead atoms. The van der Waals surface area contributed by atoms with E-state index < -0.39 is 23.4 Å². The van der Waals surface area contributed by atoms with E-state index in [2.05, 4.69) is 9.97 Å². The van der Waals surface area contributed by atoms with Crippen molar-refractivity contribution in [3.05, 3.63) is 41.2 Å². The molecule has 1 atom stereocenters. The fourth-order valence-electron chi connectivity index (χ4n) is 3.59. The highest BCUT2D eigenvalue weighted by Gasteiger charge is 2.30. The number of amides is 1. The highest BCUT2D eigenvalue weighted by molar-refractivity contribution is 7.90. The molecule has 0 radical (unpaired) electrons. The molecule has 1 amide bonds.